The largest absolute Gasteiger partial charge is 0.480 e. The van der Waals surface area contributed by atoms with Crippen LogP contribution in [-0.2, 0) is 62.3 Å². The van der Waals surface area contributed by atoms with Crippen molar-refractivity contribution in [1.29, 1.82) is 0 Å². The number of carboxylic acid groups (broad SMARTS) is 1. The maximum atomic E-state index is 14.4. The standard InChI is InChI=1S/C52H90N16O16/c1-10-25(6)38(64-45(77)33-15-12-18-67(33)49(81)37(24(4)5)63-41(73)26(7)59-42(74)29(53)21-35(54)71)47(79)66-40(28(9)70)50(82)68-19-13-16-34(68)46(78)65-39(27(8)69)48(80)62-31(20-23(2)3)43(75)61-32(22-36(55)72)44(76)60-30(51(83)84)14-11-17-58-52(56)57/h23-34,37-40,69-70H,10-22,53H2,1-9H3,(H2,54,71)(H2,55,72)(H,59,74)(H,60,76)(H,61,75)(H,62,80)(H,63,73)(H,64,77)(H,65,78)(H,66,79)(H,83,84)(H4,56,57,58)/t25-,26-,27+,28+,29-,30-,31-,32-,33-,34-,37-,38-,39-,40-/m0/s1. The molecule has 0 saturated carbocycles. The Bertz CT molecular complexity index is 2400. The molecule has 0 aromatic rings. The van der Waals surface area contributed by atoms with Gasteiger partial charge in [0.25, 0.3) is 0 Å². The number of primary amides is 2. The molecular weight excluding hydrogens is 1100 g/mol. The molecule has 21 N–H and O–H groups in total. The highest BCUT2D eigenvalue weighted by atomic mass is 16.4. The van der Waals surface area contributed by atoms with Crippen molar-refractivity contribution < 1.29 is 77.6 Å². The maximum Gasteiger partial charge on any atom is 0.326 e. The van der Waals surface area contributed by atoms with Crippen LogP contribution >= 0.6 is 0 Å². The number of guanidine groups is 1. The molecule has 0 aromatic carbocycles. The average molecular weight is 1200 g/mol. The van der Waals surface area contributed by atoms with Crippen molar-refractivity contribution in [3.05, 3.63) is 0 Å². The van der Waals surface area contributed by atoms with Crippen LogP contribution in [0, 0.1) is 17.8 Å². The van der Waals surface area contributed by atoms with Crippen LogP contribution in [0.1, 0.15) is 127 Å². The van der Waals surface area contributed by atoms with Crippen LogP contribution in [0.15, 0.2) is 4.99 Å². The van der Waals surface area contributed by atoms with Gasteiger partial charge in [-0.25, -0.2) is 4.79 Å². The molecule has 0 unspecified atom stereocenters. The molecule has 2 fully saturated rings. The zero-order chi connectivity index (χ0) is 64.0. The lowest BCUT2D eigenvalue weighted by atomic mass is 9.96. The van der Waals surface area contributed by atoms with E-state index in [9.17, 15) is 77.6 Å². The third-order valence-electron chi connectivity index (χ3n) is 14.3. The molecule has 2 saturated heterocycles. The fourth-order valence-electron chi connectivity index (χ4n) is 9.37. The molecule has 2 rings (SSSR count). The van der Waals surface area contributed by atoms with Gasteiger partial charge in [0.05, 0.1) is 31.1 Å². The number of rotatable bonds is 34. The normalized spacial score (nSPS) is 19.2. The number of nitrogens with one attached hydrogen (secondary N) is 8. The van der Waals surface area contributed by atoms with Gasteiger partial charge in [0.2, 0.25) is 70.9 Å². The van der Waals surface area contributed by atoms with Crippen molar-refractivity contribution in [2.24, 2.45) is 51.4 Å². The SMILES string of the molecule is CC[C@H](C)[C@H](NC(=O)[C@@H]1CCCN1C(=O)[C@@H](NC(=O)[C@H](C)NC(=O)[C@@H](N)CC(N)=O)C(C)C)C(=O)N[C@H](C(=O)N1CCC[C@H]1C(=O)N[C@H](C(=O)N[C@@H](CC(C)C)C(=O)N[C@@H](CC(N)=O)C(=O)N[C@@H](CCCN=C(N)N)C(=O)O)[C@@H](C)O)[C@@H](C)O. The van der Waals surface area contributed by atoms with Crippen molar-refractivity contribution in [2.45, 2.75) is 205 Å². The van der Waals surface area contributed by atoms with Gasteiger partial charge in [0, 0.05) is 19.6 Å². The van der Waals surface area contributed by atoms with Gasteiger partial charge >= 0.3 is 5.97 Å². The highest BCUT2D eigenvalue weighted by molar-refractivity contribution is 6.00. The van der Waals surface area contributed by atoms with E-state index in [0.29, 0.717) is 12.8 Å². The highest BCUT2D eigenvalue weighted by Crippen LogP contribution is 2.23. The predicted molar refractivity (Wildman–Crippen MR) is 301 cm³/mol. The molecule has 14 atom stereocenters. The lowest BCUT2D eigenvalue weighted by Crippen LogP contribution is -2.63. The van der Waals surface area contributed by atoms with Crippen LogP contribution in [0.2, 0.25) is 0 Å². The number of hydrogen-bond acceptors (Lipinski definition) is 17. The van der Waals surface area contributed by atoms with E-state index in [4.69, 9.17) is 28.7 Å². The molecule has 2 aliphatic heterocycles. The molecule has 2 aliphatic rings. The summed E-state index contributed by atoms with van der Waals surface area (Å²) >= 11 is 0. The van der Waals surface area contributed by atoms with Crippen LogP contribution < -0.4 is 71.2 Å². The summed E-state index contributed by atoms with van der Waals surface area (Å²) in [4.78, 5) is 179. The summed E-state index contributed by atoms with van der Waals surface area (Å²) in [7, 11) is 0. The van der Waals surface area contributed by atoms with Crippen molar-refractivity contribution in [1.82, 2.24) is 52.3 Å². The van der Waals surface area contributed by atoms with Crippen molar-refractivity contribution in [3.8, 4) is 0 Å². The van der Waals surface area contributed by atoms with E-state index in [1.165, 1.54) is 25.7 Å². The highest BCUT2D eigenvalue weighted by Gasteiger charge is 2.44. The predicted octanol–water partition coefficient (Wildman–Crippen LogP) is -6.41. The van der Waals surface area contributed by atoms with Gasteiger partial charge in [-0.3, -0.25) is 62.5 Å². The minimum absolute atomic E-state index is 0.0269. The van der Waals surface area contributed by atoms with E-state index < -0.39 is 180 Å². The maximum absolute atomic E-state index is 14.4. The van der Waals surface area contributed by atoms with E-state index in [-0.39, 0.29) is 70.0 Å². The Hall–Kier alpha value is -7.74. The Morgan fingerprint density at radius 1 is 0.548 bits per heavy atom. The molecule has 84 heavy (non-hydrogen) atoms. The molecule has 474 valence electrons. The first-order chi connectivity index (χ1) is 39.1. The van der Waals surface area contributed by atoms with E-state index >= 15 is 0 Å². The summed E-state index contributed by atoms with van der Waals surface area (Å²) in [6, 6.07) is -15.6. The second kappa shape index (κ2) is 34.1. The number of aliphatic carboxylic acids is 1. The number of carboxylic acids is 1. The third-order valence-corrected chi connectivity index (χ3v) is 14.3. The Morgan fingerprint density at radius 2 is 1.01 bits per heavy atom. The van der Waals surface area contributed by atoms with Crippen LogP contribution in [-0.4, -0.2) is 206 Å². The molecule has 0 spiro atoms. The second-order valence-electron chi connectivity index (χ2n) is 22.2. The summed E-state index contributed by atoms with van der Waals surface area (Å²) in [5, 5.41) is 51.3. The Labute approximate surface area is 487 Å². The average Bonchev–Trinajstić information content (AvgIpc) is 3.75. The van der Waals surface area contributed by atoms with E-state index in [2.05, 4.69) is 47.5 Å². The number of likely N-dealkylation sites (tertiary alicyclic amines) is 2. The third kappa shape index (κ3) is 22.4. The fraction of sp³-hybridized carbons (Fsp3) is 0.731. The lowest BCUT2D eigenvalue weighted by Gasteiger charge is -2.34. The van der Waals surface area contributed by atoms with Gasteiger partial charge in [-0.05, 0) is 83.5 Å². The summed E-state index contributed by atoms with van der Waals surface area (Å²) < 4.78 is 0. The minimum Gasteiger partial charge on any atom is -0.480 e. The van der Waals surface area contributed by atoms with Crippen LogP contribution in [0.3, 0.4) is 0 Å². The Morgan fingerprint density at radius 3 is 1.48 bits per heavy atom. The van der Waals surface area contributed by atoms with Crippen LogP contribution in [0.5, 0.6) is 0 Å². The summed E-state index contributed by atoms with van der Waals surface area (Å²) in [6.45, 7) is 13.9. The van der Waals surface area contributed by atoms with Crippen LogP contribution in [0.25, 0.3) is 0 Å². The Kier molecular flexibility index (Phi) is 29.4. The summed E-state index contributed by atoms with van der Waals surface area (Å²) in [5.41, 5.74) is 26.8. The summed E-state index contributed by atoms with van der Waals surface area (Å²) in [6.07, 6.45) is -3.43. The van der Waals surface area contributed by atoms with Gasteiger partial charge in [-0.15, -0.1) is 0 Å². The fourth-order valence-corrected chi connectivity index (χ4v) is 9.37. The molecular formula is C52H90N16O16. The lowest BCUT2D eigenvalue weighted by molar-refractivity contribution is -0.146. The number of aliphatic hydroxyl groups excluding tert-OH is 2. The van der Waals surface area contributed by atoms with E-state index in [1.54, 1.807) is 41.5 Å². The first-order valence-corrected chi connectivity index (χ1v) is 28.1. The second-order valence-corrected chi connectivity index (χ2v) is 22.2. The van der Waals surface area contributed by atoms with Gasteiger partial charge in [0.15, 0.2) is 5.96 Å². The number of nitrogens with two attached hydrogens (primary N) is 5. The van der Waals surface area contributed by atoms with Crippen molar-refractivity contribution >= 4 is 82.8 Å². The summed E-state index contributed by atoms with van der Waals surface area (Å²) in [5.74, 6) is -13.8. The molecule has 2 heterocycles. The zero-order valence-corrected chi connectivity index (χ0v) is 49.3. The number of carbonyl (C=O) groups is 13. The van der Waals surface area contributed by atoms with Crippen LogP contribution in [0.4, 0.5) is 0 Å². The van der Waals surface area contributed by atoms with Gasteiger partial charge in [0.1, 0.15) is 60.4 Å². The van der Waals surface area contributed by atoms with Gasteiger partial charge in [-0.1, -0.05) is 48.0 Å². The molecule has 0 aliphatic carbocycles. The van der Waals surface area contributed by atoms with Crippen molar-refractivity contribution in [3.63, 3.8) is 0 Å². The van der Waals surface area contributed by atoms with E-state index in [0.717, 1.165) is 4.90 Å². The first kappa shape index (κ1) is 72.4. The minimum atomic E-state index is -1.77. The molecule has 0 radical (unpaired) electrons. The number of amides is 12. The first-order valence-electron chi connectivity index (χ1n) is 28.1. The molecule has 0 bridgehead atoms. The molecule has 12 amide bonds. The molecule has 32 nitrogen and oxygen atoms in total. The van der Waals surface area contributed by atoms with Crippen molar-refractivity contribution in [2.75, 3.05) is 19.6 Å². The van der Waals surface area contributed by atoms with Gasteiger partial charge < -0.3 is 96.3 Å². The number of carbonyl (C=O) groups excluding carboxylic acids is 12. The number of hydrogen-bond donors (Lipinski definition) is 16. The quantitative estimate of drug-likeness (QED) is 0.0162. The number of aliphatic imine (C=N–C) groups is 1. The zero-order valence-electron chi connectivity index (χ0n) is 49.3. The van der Waals surface area contributed by atoms with Gasteiger partial charge in [-0.2, -0.15) is 0 Å². The number of nitrogens with zero attached hydrogens (tertiary/aromatic N) is 3. The smallest absolute Gasteiger partial charge is 0.326 e. The Balaban J connectivity index is 2.29. The van der Waals surface area contributed by atoms with E-state index in [1.807, 2.05) is 0 Å². The molecule has 0 aromatic heterocycles. The monoisotopic (exact) mass is 1190 g/mol. The molecule has 32 heteroatoms. The number of aliphatic hydroxyl groups is 2. The topological polar surface area (TPSA) is 528 Å².